The molecule has 4 heterocycles. The number of hydrogen-bond donors (Lipinski definition) is 2. The number of fused-ring (bicyclic) bond motifs is 1. The van der Waals surface area contributed by atoms with Gasteiger partial charge in [0.2, 0.25) is 16.0 Å². The number of hydrogen-bond acceptors (Lipinski definition) is 12. The molecule has 2 aromatic heterocycles. The van der Waals surface area contributed by atoms with Crippen molar-refractivity contribution in [3.63, 3.8) is 0 Å². The summed E-state index contributed by atoms with van der Waals surface area (Å²) in [4.78, 5) is 24.4. The number of anilines is 6. The first-order valence-electron chi connectivity index (χ1n) is 17.1. The van der Waals surface area contributed by atoms with Gasteiger partial charge in [0, 0.05) is 76.0 Å². The van der Waals surface area contributed by atoms with E-state index in [4.69, 9.17) is 11.6 Å². The smallest absolute Gasteiger partial charge is 0.403 e. The summed E-state index contributed by atoms with van der Waals surface area (Å²) in [5.41, 5.74) is 2.89. The third-order valence-electron chi connectivity index (χ3n) is 9.44. The molecule has 0 radical (unpaired) electrons. The lowest BCUT2D eigenvalue weighted by molar-refractivity contribution is -0.274. The summed E-state index contributed by atoms with van der Waals surface area (Å²) in [7, 11) is -1.62. The van der Waals surface area contributed by atoms with Crippen LogP contribution in [0.15, 0.2) is 42.9 Å². The summed E-state index contributed by atoms with van der Waals surface area (Å²) in [6.45, 7) is 9.27. The van der Waals surface area contributed by atoms with E-state index in [1.165, 1.54) is 29.0 Å². The zero-order valence-corrected chi connectivity index (χ0v) is 31.0. The second-order valence-electron chi connectivity index (χ2n) is 12.9. The quantitative estimate of drug-likeness (QED) is 0.185. The van der Waals surface area contributed by atoms with Crippen molar-refractivity contribution in [2.75, 3.05) is 79.0 Å². The molecule has 0 saturated carbocycles. The van der Waals surface area contributed by atoms with Crippen LogP contribution in [0.25, 0.3) is 11.0 Å². The molecule has 52 heavy (non-hydrogen) atoms. The molecule has 2 aromatic carbocycles. The molecule has 4 aromatic rings. The maximum Gasteiger partial charge on any atom is 0.573 e. The Hall–Kier alpha value is -4.19. The zero-order chi connectivity index (χ0) is 37.2. The summed E-state index contributed by atoms with van der Waals surface area (Å²) in [5, 5.41) is 6.07. The van der Waals surface area contributed by atoms with Gasteiger partial charge in [-0.1, -0.05) is 18.5 Å². The van der Waals surface area contributed by atoms with Crippen LogP contribution in [0.4, 0.5) is 47.7 Å². The number of benzene rings is 2. The third-order valence-corrected chi connectivity index (χ3v) is 11.0. The Labute approximate surface area is 306 Å². The van der Waals surface area contributed by atoms with E-state index in [1.807, 2.05) is 6.92 Å². The Balaban J connectivity index is 1.30. The molecule has 0 bridgehead atoms. The van der Waals surface area contributed by atoms with Crippen LogP contribution in [0.5, 0.6) is 5.75 Å². The van der Waals surface area contributed by atoms with Crippen LogP contribution in [-0.2, 0) is 16.4 Å². The maximum absolute atomic E-state index is 13.8. The second kappa shape index (κ2) is 15.4. The number of likely N-dealkylation sites (N-methyl/N-ethyl adjacent to an activating group) is 1. The van der Waals surface area contributed by atoms with Gasteiger partial charge in [-0.05, 0) is 57.0 Å². The van der Waals surface area contributed by atoms with Crippen LogP contribution in [0.3, 0.4) is 0 Å². The van der Waals surface area contributed by atoms with Crippen molar-refractivity contribution in [2.24, 2.45) is 0 Å². The normalized spacial score (nSPS) is 16.7. The summed E-state index contributed by atoms with van der Waals surface area (Å²) in [5.74, 6) is -0.419. The molecule has 2 N–H and O–H groups in total. The largest absolute Gasteiger partial charge is 0.573 e. The Morgan fingerprint density at radius 2 is 1.69 bits per heavy atom. The number of aromatic nitrogens is 4. The highest BCUT2D eigenvalue weighted by atomic mass is 35.5. The fraction of sp³-hybridized carbons (Fsp3) is 0.471. The fourth-order valence-corrected chi connectivity index (χ4v) is 7.98. The van der Waals surface area contributed by atoms with Crippen LogP contribution >= 0.6 is 11.6 Å². The molecule has 2 aliphatic heterocycles. The van der Waals surface area contributed by atoms with Gasteiger partial charge in [-0.2, -0.15) is 4.98 Å². The molecule has 0 aliphatic carbocycles. The lowest BCUT2D eigenvalue weighted by Gasteiger charge is -2.43. The van der Waals surface area contributed by atoms with E-state index in [2.05, 4.69) is 57.1 Å². The molecule has 6 rings (SSSR count). The monoisotopic (exact) mass is 762 g/mol. The van der Waals surface area contributed by atoms with E-state index in [0.717, 1.165) is 50.8 Å². The average Bonchev–Trinajstić information content (AvgIpc) is 3.10. The van der Waals surface area contributed by atoms with Gasteiger partial charge in [-0.15, -0.1) is 13.2 Å². The van der Waals surface area contributed by atoms with E-state index < -0.39 is 22.1 Å². The van der Waals surface area contributed by atoms with Gasteiger partial charge in [0.1, 0.15) is 16.2 Å². The van der Waals surface area contributed by atoms with E-state index in [1.54, 1.807) is 25.1 Å². The lowest BCUT2D eigenvalue weighted by atomic mass is 9.99. The molecular formula is C34H42ClF3N10O3S. The minimum absolute atomic E-state index is 0.0226. The van der Waals surface area contributed by atoms with Crippen molar-refractivity contribution in [1.29, 1.82) is 0 Å². The maximum atomic E-state index is 13.8. The van der Waals surface area contributed by atoms with Gasteiger partial charge in [0.05, 0.1) is 29.3 Å². The highest BCUT2D eigenvalue weighted by Crippen LogP contribution is 2.41. The third kappa shape index (κ3) is 8.54. The zero-order valence-electron chi connectivity index (χ0n) is 29.4. The van der Waals surface area contributed by atoms with Crippen molar-refractivity contribution in [1.82, 2.24) is 29.7 Å². The first-order chi connectivity index (χ1) is 24.7. The molecule has 13 nitrogen and oxygen atoms in total. The molecule has 2 saturated heterocycles. The number of piperidine rings is 1. The number of halogens is 4. The number of piperazine rings is 1. The molecule has 2 fully saturated rings. The highest BCUT2D eigenvalue weighted by Gasteiger charge is 2.34. The van der Waals surface area contributed by atoms with Crippen LogP contribution in [-0.4, -0.2) is 110 Å². The summed E-state index contributed by atoms with van der Waals surface area (Å²) in [6, 6.07) is 6.82. The van der Waals surface area contributed by atoms with Gasteiger partial charge >= 0.3 is 6.36 Å². The van der Waals surface area contributed by atoms with Gasteiger partial charge in [-0.25, -0.2) is 13.4 Å². The highest BCUT2D eigenvalue weighted by molar-refractivity contribution is 7.92. The number of nitrogens with one attached hydrogen (secondary N) is 2. The Morgan fingerprint density at radius 1 is 0.981 bits per heavy atom. The molecular weight excluding hydrogens is 721 g/mol. The van der Waals surface area contributed by atoms with Crippen molar-refractivity contribution in [3.8, 4) is 5.75 Å². The Kier molecular flexibility index (Phi) is 11.1. The topological polar surface area (TPSA) is 132 Å². The number of alkyl halides is 3. The Bertz CT molecular complexity index is 2010. The summed E-state index contributed by atoms with van der Waals surface area (Å²) < 4.78 is 72.8. The summed E-state index contributed by atoms with van der Waals surface area (Å²) in [6.07, 6.45) is 2.78. The fourth-order valence-electron chi connectivity index (χ4n) is 6.85. The van der Waals surface area contributed by atoms with Crippen LogP contribution in [0.2, 0.25) is 5.02 Å². The lowest BCUT2D eigenvalue weighted by Crippen LogP contribution is -2.52. The van der Waals surface area contributed by atoms with Crippen molar-refractivity contribution < 1.29 is 26.3 Å². The molecule has 280 valence electrons. The standard InChI is InChI=1S/C34H42ClF3N10O3S/c1-5-22-19-27(29(51-34(36,37)38)20-28(22)47-13-9-23(10-14-47)46-17-15-45(3)16-18-46)43-33-41-21-24(35)32(44-33)42-26-8-7-25-30(40-12-11-39-25)31(26)48(6-2)52(4,49)50/h7-8,11-12,19-21,23H,5-6,9-10,13-18H2,1-4H3,(H2,41,42,43,44). The molecule has 0 atom stereocenters. The molecule has 18 heteroatoms. The molecule has 2 aliphatic rings. The predicted octanol–water partition coefficient (Wildman–Crippen LogP) is 6.02. The average molecular weight is 763 g/mol. The minimum atomic E-state index is -4.95. The van der Waals surface area contributed by atoms with E-state index in [9.17, 15) is 21.6 Å². The number of rotatable bonds is 11. The number of sulfonamides is 1. The predicted molar refractivity (Wildman–Crippen MR) is 198 cm³/mol. The van der Waals surface area contributed by atoms with Crippen molar-refractivity contribution >= 4 is 67.2 Å². The van der Waals surface area contributed by atoms with E-state index in [0.29, 0.717) is 48.0 Å². The number of nitrogens with zero attached hydrogens (tertiary/aromatic N) is 8. The molecule has 0 unspecified atom stereocenters. The number of aryl methyl sites for hydroxylation is 1. The van der Waals surface area contributed by atoms with E-state index >= 15 is 0 Å². The summed E-state index contributed by atoms with van der Waals surface area (Å²) >= 11 is 6.50. The Morgan fingerprint density at radius 3 is 2.35 bits per heavy atom. The molecule has 0 spiro atoms. The second-order valence-corrected chi connectivity index (χ2v) is 15.2. The van der Waals surface area contributed by atoms with Crippen LogP contribution in [0, 0.1) is 0 Å². The van der Waals surface area contributed by atoms with Crippen molar-refractivity contribution in [3.05, 3.63) is 53.4 Å². The van der Waals surface area contributed by atoms with Crippen LogP contribution < -0.4 is 24.6 Å². The number of ether oxygens (including phenoxy) is 1. The molecule has 0 amide bonds. The van der Waals surface area contributed by atoms with Gasteiger partial charge in [0.15, 0.2) is 11.6 Å². The van der Waals surface area contributed by atoms with Gasteiger partial charge in [0.25, 0.3) is 0 Å². The first-order valence-corrected chi connectivity index (χ1v) is 19.3. The van der Waals surface area contributed by atoms with Crippen molar-refractivity contribution in [2.45, 2.75) is 45.5 Å². The van der Waals surface area contributed by atoms with Gasteiger partial charge < -0.3 is 25.2 Å². The minimum Gasteiger partial charge on any atom is -0.403 e. The van der Waals surface area contributed by atoms with Gasteiger partial charge in [-0.3, -0.25) is 19.2 Å². The first kappa shape index (κ1) is 37.6. The van der Waals surface area contributed by atoms with E-state index in [-0.39, 0.29) is 34.7 Å². The SMILES string of the molecule is CCc1cc(Nc2ncc(Cl)c(Nc3ccc4nccnc4c3N(CC)S(C)(=O)=O)n2)c(OC(F)(F)F)cc1N1CCC(N2CCN(C)CC2)CC1. The van der Waals surface area contributed by atoms with Crippen LogP contribution in [0.1, 0.15) is 32.3 Å².